The van der Waals surface area contributed by atoms with E-state index in [1.54, 1.807) is 21.1 Å². The van der Waals surface area contributed by atoms with Gasteiger partial charge in [-0.25, -0.2) is 0 Å². The highest BCUT2D eigenvalue weighted by molar-refractivity contribution is 5.70. The average molecular weight is 794 g/mol. The van der Waals surface area contributed by atoms with Crippen LogP contribution < -0.4 is 5.11 Å². The maximum Gasteiger partial charge on any atom is 0.306 e. The third-order valence-corrected chi connectivity index (χ3v) is 10.9. The van der Waals surface area contributed by atoms with Gasteiger partial charge in [-0.15, -0.1) is 0 Å². The molecule has 0 aromatic rings. The lowest BCUT2D eigenvalue weighted by Gasteiger charge is -2.34. The second-order valence-corrected chi connectivity index (χ2v) is 17.4. The Balaban J connectivity index is 4.26. The molecule has 0 saturated carbocycles. The second kappa shape index (κ2) is 39.9. The molecule has 8 heteroatoms. The molecular formula is C48H91NO7. The largest absolute Gasteiger partial charge is 0.544 e. The number of quaternary nitrogens is 1. The van der Waals surface area contributed by atoms with Crippen LogP contribution in [0.25, 0.3) is 0 Å². The number of allylic oxidation sites excluding steroid dienone is 2. The van der Waals surface area contributed by atoms with Gasteiger partial charge in [-0.3, -0.25) is 9.59 Å². The summed E-state index contributed by atoms with van der Waals surface area (Å²) >= 11 is 0. The standard InChI is InChI=1S/C48H91NO7/c1-6-8-10-12-14-16-18-20-21-22-23-24-25-27-29-31-33-35-37-39-47(51)56-44(42-54-41-40-45(48(52)53)49(3,4)5)43-55-46(50)38-36-34-32-30-28-26-19-17-15-13-11-9-7-2/h20-21,44-45H,6-19,22-43H2,1-5H3/b21-20-. The summed E-state index contributed by atoms with van der Waals surface area (Å²) in [6, 6.07) is -0.721. The summed E-state index contributed by atoms with van der Waals surface area (Å²) in [5.74, 6) is -1.72. The van der Waals surface area contributed by atoms with Crippen LogP contribution in [0.1, 0.15) is 226 Å². The van der Waals surface area contributed by atoms with Crippen molar-refractivity contribution < 1.29 is 38.2 Å². The molecule has 0 radical (unpaired) electrons. The molecule has 0 aliphatic heterocycles. The fourth-order valence-corrected chi connectivity index (χ4v) is 7.18. The Bertz CT molecular complexity index is 931. The quantitative estimate of drug-likeness (QED) is 0.0262. The minimum Gasteiger partial charge on any atom is -0.544 e. The normalized spacial score (nSPS) is 12.9. The zero-order valence-electron chi connectivity index (χ0n) is 37.6. The van der Waals surface area contributed by atoms with Crippen molar-refractivity contribution in [3.63, 3.8) is 0 Å². The predicted octanol–water partition coefficient (Wildman–Crippen LogP) is 11.8. The molecule has 2 atom stereocenters. The fourth-order valence-electron chi connectivity index (χ4n) is 7.18. The molecular weight excluding hydrogens is 703 g/mol. The lowest BCUT2D eigenvalue weighted by Crippen LogP contribution is -2.55. The van der Waals surface area contributed by atoms with Gasteiger partial charge in [-0.05, 0) is 38.5 Å². The highest BCUT2D eigenvalue weighted by Gasteiger charge is 2.25. The molecule has 0 spiro atoms. The van der Waals surface area contributed by atoms with Gasteiger partial charge in [-0.2, -0.15) is 0 Å². The fraction of sp³-hybridized carbons (Fsp3) is 0.896. The number of rotatable bonds is 43. The van der Waals surface area contributed by atoms with E-state index in [4.69, 9.17) is 14.2 Å². The van der Waals surface area contributed by atoms with E-state index in [0.717, 1.165) is 38.5 Å². The van der Waals surface area contributed by atoms with Crippen molar-refractivity contribution in [1.29, 1.82) is 0 Å². The summed E-state index contributed by atoms with van der Waals surface area (Å²) < 4.78 is 17.2. The van der Waals surface area contributed by atoms with Crippen LogP contribution in [-0.2, 0) is 28.6 Å². The summed E-state index contributed by atoms with van der Waals surface area (Å²) in [6.07, 6.45) is 42.3. The molecule has 8 nitrogen and oxygen atoms in total. The zero-order valence-corrected chi connectivity index (χ0v) is 37.6. The third kappa shape index (κ3) is 37.6. The number of hydrogen-bond acceptors (Lipinski definition) is 7. The van der Waals surface area contributed by atoms with Gasteiger partial charge in [0.25, 0.3) is 0 Å². The van der Waals surface area contributed by atoms with E-state index in [1.807, 2.05) is 0 Å². The molecule has 0 aromatic carbocycles. The summed E-state index contributed by atoms with van der Waals surface area (Å²) in [7, 11) is 5.42. The average Bonchev–Trinajstić information content (AvgIpc) is 3.15. The molecule has 330 valence electrons. The molecule has 0 saturated heterocycles. The van der Waals surface area contributed by atoms with Crippen LogP contribution in [0, 0.1) is 0 Å². The maximum atomic E-state index is 12.7. The Morgan fingerprint density at radius 2 is 0.893 bits per heavy atom. The number of likely N-dealkylation sites (N-methyl/N-ethyl adjacent to an activating group) is 1. The summed E-state index contributed by atoms with van der Waals surface area (Å²) in [5.41, 5.74) is 0. The Morgan fingerprint density at radius 1 is 0.518 bits per heavy atom. The number of carboxylic acids is 1. The Kier molecular flexibility index (Phi) is 38.5. The van der Waals surface area contributed by atoms with Gasteiger partial charge in [0.15, 0.2) is 6.10 Å². The monoisotopic (exact) mass is 794 g/mol. The van der Waals surface area contributed by atoms with Crippen LogP contribution >= 0.6 is 0 Å². The SMILES string of the molecule is CCCCCCCC/C=C\CCCCCCCCCCCC(=O)OC(COCCC(C(=O)[O-])[N+](C)(C)C)COC(=O)CCCCCCCCCCCCCCC. The van der Waals surface area contributed by atoms with Gasteiger partial charge >= 0.3 is 11.9 Å². The summed E-state index contributed by atoms with van der Waals surface area (Å²) in [6.45, 7) is 4.68. The number of ether oxygens (including phenoxy) is 3. The number of hydrogen-bond donors (Lipinski definition) is 0. The highest BCUT2D eigenvalue weighted by Crippen LogP contribution is 2.15. The van der Waals surface area contributed by atoms with Gasteiger partial charge in [0.1, 0.15) is 12.6 Å². The van der Waals surface area contributed by atoms with Gasteiger partial charge in [0.05, 0.1) is 40.3 Å². The smallest absolute Gasteiger partial charge is 0.306 e. The second-order valence-electron chi connectivity index (χ2n) is 17.4. The van der Waals surface area contributed by atoms with Crippen molar-refractivity contribution in [2.45, 2.75) is 238 Å². The number of carboxylic acid groups (broad SMARTS) is 1. The van der Waals surface area contributed by atoms with E-state index in [-0.39, 0.29) is 42.7 Å². The van der Waals surface area contributed by atoms with Crippen LogP contribution in [0.4, 0.5) is 0 Å². The van der Waals surface area contributed by atoms with Crippen LogP contribution in [0.2, 0.25) is 0 Å². The van der Waals surface area contributed by atoms with Gasteiger partial charge < -0.3 is 28.6 Å². The van der Waals surface area contributed by atoms with Crippen molar-refractivity contribution >= 4 is 17.9 Å². The van der Waals surface area contributed by atoms with Crippen LogP contribution in [0.15, 0.2) is 12.2 Å². The zero-order chi connectivity index (χ0) is 41.4. The van der Waals surface area contributed by atoms with Crippen molar-refractivity contribution in [2.75, 3.05) is 41.0 Å². The molecule has 0 fully saturated rings. The van der Waals surface area contributed by atoms with Gasteiger partial charge in [0, 0.05) is 19.3 Å². The van der Waals surface area contributed by atoms with Gasteiger partial charge in [-0.1, -0.05) is 180 Å². The lowest BCUT2D eigenvalue weighted by atomic mass is 10.0. The maximum absolute atomic E-state index is 12.7. The van der Waals surface area contributed by atoms with Crippen LogP contribution in [0.5, 0.6) is 0 Å². The number of carbonyl (C=O) groups excluding carboxylic acids is 3. The van der Waals surface area contributed by atoms with E-state index in [2.05, 4.69) is 26.0 Å². The van der Waals surface area contributed by atoms with E-state index >= 15 is 0 Å². The first-order chi connectivity index (χ1) is 27.1. The Hall–Kier alpha value is -1.93. The van der Waals surface area contributed by atoms with E-state index < -0.39 is 18.1 Å². The molecule has 0 aliphatic rings. The molecule has 0 amide bonds. The minimum atomic E-state index is -1.12. The molecule has 0 aliphatic carbocycles. The number of carbonyl (C=O) groups is 3. The predicted molar refractivity (Wildman–Crippen MR) is 231 cm³/mol. The van der Waals surface area contributed by atoms with Crippen molar-refractivity contribution in [3.8, 4) is 0 Å². The molecule has 2 unspecified atom stereocenters. The van der Waals surface area contributed by atoms with Crippen molar-refractivity contribution in [2.24, 2.45) is 0 Å². The number of unbranched alkanes of at least 4 members (excludes halogenated alkanes) is 27. The minimum absolute atomic E-state index is 0.0458. The Labute approximate surface area is 346 Å². The van der Waals surface area contributed by atoms with Gasteiger partial charge in [0.2, 0.25) is 0 Å². The molecule has 0 heterocycles. The van der Waals surface area contributed by atoms with E-state index in [0.29, 0.717) is 12.8 Å². The number of esters is 2. The van der Waals surface area contributed by atoms with E-state index in [1.165, 1.54) is 154 Å². The summed E-state index contributed by atoms with van der Waals surface area (Å²) in [5, 5.41) is 11.6. The molecule has 56 heavy (non-hydrogen) atoms. The number of aliphatic carboxylic acids is 1. The molecule has 0 N–H and O–H groups in total. The highest BCUT2D eigenvalue weighted by atomic mass is 16.6. The van der Waals surface area contributed by atoms with Crippen LogP contribution in [0.3, 0.4) is 0 Å². The third-order valence-electron chi connectivity index (χ3n) is 10.9. The topological polar surface area (TPSA) is 102 Å². The van der Waals surface area contributed by atoms with Crippen molar-refractivity contribution in [3.05, 3.63) is 12.2 Å². The first kappa shape index (κ1) is 54.1. The lowest BCUT2D eigenvalue weighted by molar-refractivity contribution is -0.889. The molecule has 0 bridgehead atoms. The Morgan fingerprint density at radius 3 is 1.29 bits per heavy atom. The van der Waals surface area contributed by atoms with Crippen molar-refractivity contribution in [1.82, 2.24) is 0 Å². The first-order valence-corrected chi connectivity index (χ1v) is 23.7. The number of nitrogens with zero attached hydrogens (tertiary/aromatic N) is 1. The molecule has 0 aromatic heterocycles. The van der Waals surface area contributed by atoms with E-state index in [9.17, 15) is 19.5 Å². The summed E-state index contributed by atoms with van der Waals surface area (Å²) in [4.78, 5) is 36.9. The molecule has 0 rings (SSSR count). The first-order valence-electron chi connectivity index (χ1n) is 23.7. The van der Waals surface area contributed by atoms with Crippen LogP contribution in [-0.4, -0.2) is 75.5 Å².